The number of hydrogen-bond donors (Lipinski definition) is 0. The van der Waals surface area contributed by atoms with Crippen molar-refractivity contribution in [1.82, 2.24) is 19.9 Å². The quantitative estimate of drug-likeness (QED) is 0.0546. The molecule has 0 saturated carbocycles. The van der Waals surface area contributed by atoms with Gasteiger partial charge in [-0.3, -0.25) is 19.9 Å². The van der Waals surface area contributed by atoms with Crippen molar-refractivity contribution >= 4 is 135 Å². The monoisotopic (exact) mass is 1370 g/mol. The zero-order valence-corrected chi connectivity index (χ0v) is 54.6. The summed E-state index contributed by atoms with van der Waals surface area (Å²) in [6, 6.07) is 87.0. The predicted molar refractivity (Wildman–Crippen MR) is 364 cm³/mol. The van der Waals surface area contributed by atoms with Gasteiger partial charge in [0.1, 0.15) is 0 Å². The summed E-state index contributed by atoms with van der Waals surface area (Å²) in [6.07, 6.45) is 7.09. The van der Waals surface area contributed by atoms with Crippen molar-refractivity contribution in [3.8, 4) is 0 Å². The van der Waals surface area contributed by atoms with E-state index in [-0.39, 0.29) is 27.9 Å². The number of fused-ring (bicyclic) bond motifs is 2. The second-order valence-electron chi connectivity index (χ2n) is 18.6. The van der Waals surface area contributed by atoms with Gasteiger partial charge >= 0.3 is 46.9 Å². The Balaban J connectivity index is 0.000000156. The van der Waals surface area contributed by atoms with E-state index in [1.807, 2.05) is 55.5 Å². The Morgan fingerprint density at radius 2 is 0.759 bits per heavy atom. The number of alkyl halides is 1. The Hall–Kier alpha value is -7.21. The van der Waals surface area contributed by atoms with Crippen LogP contribution in [0.4, 0.5) is 0 Å². The molecule has 0 amide bonds. The number of nitrogens with zero attached hydrogens (tertiary/aromatic N) is 4. The number of halogens is 5. The molecule has 0 aliphatic heterocycles. The number of esters is 2. The summed E-state index contributed by atoms with van der Waals surface area (Å²) in [7, 11) is 11.5. The molecule has 16 heteroatoms. The average molecular weight is 1380 g/mol. The van der Waals surface area contributed by atoms with Crippen LogP contribution in [0.15, 0.2) is 280 Å². The third-order valence-electron chi connectivity index (χ3n) is 12.6. The largest absolute Gasteiger partial charge is 0.0622 e. The molecule has 0 bridgehead atoms. The smallest absolute Gasteiger partial charge is 0.0134 e. The number of aromatic nitrogens is 4. The Morgan fingerprint density at radius 3 is 1.10 bits per heavy atom. The summed E-state index contributed by atoms with van der Waals surface area (Å²) in [5, 5.41) is 11.7. The van der Waals surface area contributed by atoms with Gasteiger partial charge < -0.3 is 9.47 Å². The van der Waals surface area contributed by atoms with Crippen LogP contribution < -0.4 is 31.8 Å². The molecular weight excluding hydrogens is 1320 g/mol. The van der Waals surface area contributed by atoms with E-state index >= 15 is 0 Å². The van der Waals surface area contributed by atoms with E-state index < -0.39 is 15.8 Å². The average Bonchev–Trinajstić information content (AvgIpc) is 3.19. The van der Waals surface area contributed by atoms with Gasteiger partial charge in [0.15, 0.2) is 0 Å². The number of pyridine rings is 4. The maximum absolute atomic E-state index is 11.6. The molecule has 0 fully saturated rings. The first-order valence-corrected chi connectivity index (χ1v) is 34.9. The first-order chi connectivity index (χ1) is 42.5. The Morgan fingerprint density at radius 1 is 0.425 bits per heavy atom. The molecule has 8 aromatic carbocycles. The number of carbonyl (C=O) groups excluding carboxylic acids is 2. The van der Waals surface area contributed by atoms with E-state index in [9.17, 15) is 9.59 Å². The summed E-state index contributed by atoms with van der Waals surface area (Å²) in [5.41, 5.74) is 6.65. The van der Waals surface area contributed by atoms with Crippen LogP contribution in [0.25, 0.3) is 21.8 Å². The number of rotatable bonds is 11. The minimum Gasteiger partial charge on any atom is -0.0622 e. The van der Waals surface area contributed by atoms with E-state index in [2.05, 4.69) is 207 Å². The molecule has 4 heterocycles. The van der Waals surface area contributed by atoms with Crippen molar-refractivity contribution in [2.75, 3.05) is 14.2 Å². The summed E-state index contributed by atoms with van der Waals surface area (Å²) in [5.74, 6) is -0.170. The molecule has 0 aliphatic carbocycles. The topological polar surface area (TPSA) is 104 Å². The van der Waals surface area contributed by atoms with Gasteiger partial charge in [-0.1, -0.05) is 217 Å². The van der Waals surface area contributed by atoms with Gasteiger partial charge in [-0.05, 0) is 126 Å². The van der Waals surface area contributed by atoms with Crippen LogP contribution >= 0.6 is 69.7 Å². The Bertz CT molecular complexity index is 3720. The van der Waals surface area contributed by atoms with E-state index in [0.29, 0.717) is 33.5 Å². The van der Waals surface area contributed by atoms with Crippen molar-refractivity contribution in [3.63, 3.8) is 0 Å². The third kappa shape index (κ3) is 21.6. The van der Waals surface area contributed by atoms with Crippen LogP contribution in [0.5, 0.6) is 0 Å². The molecule has 12 rings (SSSR count). The number of aryl methyl sites for hydroxylation is 1. The zero-order chi connectivity index (χ0) is 61.6. The minimum absolute atomic E-state index is 0.106. The zero-order valence-electron chi connectivity index (χ0n) is 47.5. The molecule has 12 aromatic rings. The van der Waals surface area contributed by atoms with Gasteiger partial charge in [-0.2, -0.15) is 0 Å². The first kappa shape index (κ1) is 67.3. The van der Waals surface area contributed by atoms with Crippen LogP contribution in [0.2, 0.25) is 10.0 Å². The van der Waals surface area contributed by atoms with E-state index in [1.54, 1.807) is 49.1 Å². The summed E-state index contributed by atoms with van der Waals surface area (Å²) < 4.78 is 9.25. The van der Waals surface area contributed by atoms with Gasteiger partial charge in [-0.15, -0.1) is 11.6 Å². The van der Waals surface area contributed by atoms with E-state index in [4.69, 9.17) is 58.6 Å². The summed E-state index contributed by atoms with van der Waals surface area (Å²) in [6.45, 7) is 1.83. The van der Waals surface area contributed by atoms with Crippen LogP contribution in [-0.2, 0) is 37.7 Å². The van der Waals surface area contributed by atoms with Crippen molar-refractivity contribution in [1.29, 1.82) is 0 Å². The second kappa shape index (κ2) is 36.8. The molecule has 0 radical (unpaired) electrons. The number of methoxy groups -OCH3 is 2. The fourth-order valence-corrected chi connectivity index (χ4v) is 13.8. The van der Waals surface area contributed by atoms with Crippen LogP contribution in [0, 0.1) is 6.92 Å². The Kier molecular flexibility index (Phi) is 28.5. The maximum atomic E-state index is 11.6. The van der Waals surface area contributed by atoms with Crippen LogP contribution in [0.3, 0.4) is 0 Å². The molecule has 0 saturated heterocycles. The molecule has 0 aliphatic rings. The van der Waals surface area contributed by atoms with Crippen molar-refractivity contribution in [2.24, 2.45) is 0 Å². The molecule has 442 valence electrons. The molecule has 0 spiro atoms. The van der Waals surface area contributed by atoms with Gasteiger partial charge in [0.2, 0.25) is 0 Å². The minimum atomic E-state index is -0.446. The number of ether oxygens (including phenoxy) is 2. The number of hydrogen-bond acceptors (Lipinski definition) is 8. The van der Waals surface area contributed by atoms with Gasteiger partial charge in [0, 0.05) is 59.2 Å². The van der Waals surface area contributed by atoms with Gasteiger partial charge in [0.05, 0.1) is 46.4 Å². The van der Waals surface area contributed by atoms with Crippen molar-refractivity contribution in [2.45, 2.75) is 19.2 Å². The fourth-order valence-electron chi connectivity index (χ4n) is 8.68. The molecule has 87 heavy (non-hydrogen) atoms. The molecule has 4 aromatic heterocycles. The predicted octanol–water partition coefficient (Wildman–Crippen LogP) is 16.7. The SMILES string of the molecule is COC(=O)c1ccnc(C)c1.COC(=O)c1ccnc(Cc2ccc3ncc(Cl)cc3c2)c1.ClCc1ccc2ncc(Cl)cc2c1.[Cl][Pd][Cl].c1ccc(P(c2ccccc2)c2ccccc2)cc1.c1ccc(P(c2ccccc2)c2ccccc2)cc1. The normalized spacial score (nSPS) is 10.3. The molecule has 8 nitrogen and oxygen atoms in total. The standard InChI is InChI=1S/2C18H15P.C17H13ClN2O2.C10H7Cl2N.C8H9NO2.2ClH.Pd/c2*1-4-10-16(11-5-1)19(17-12-6-2-7-13-17)18-14-8-3-9-15-18;1-22-17(21)12-4-5-19-15(9-12)7-11-2-3-16-13(6-11)8-14(18)10-20-16;11-5-7-1-2-10-8(3-7)4-9(12)6-13-10;1-6-5-7(3-4-9-6)8(10)11-2;;;/h2*1-15H;2-6,8-10H,7H2,1H3;1-4,6H,5H2;3-5H,1-2H3;2*1H;/q;;;;;;;+2/p-2. The maximum Gasteiger partial charge on any atom is -0.0134 e. The van der Waals surface area contributed by atoms with Gasteiger partial charge in [0.25, 0.3) is 0 Å². The van der Waals surface area contributed by atoms with Gasteiger partial charge in [-0.25, -0.2) is 9.59 Å². The second-order valence-corrected chi connectivity index (χ2v) is 26.5. The van der Waals surface area contributed by atoms with Crippen molar-refractivity contribution < 1.29 is 35.0 Å². The number of benzene rings is 8. The van der Waals surface area contributed by atoms with E-state index in [0.717, 1.165) is 44.3 Å². The molecule has 0 unspecified atom stereocenters. The van der Waals surface area contributed by atoms with Crippen LogP contribution in [0.1, 0.15) is 43.2 Å². The van der Waals surface area contributed by atoms with Crippen molar-refractivity contribution in [3.05, 3.63) is 323 Å². The summed E-state index contributed by atoms with van der Waals surface area (Å²) in [4.78, 5) is 39.2. The summed E-state index contributed by atoms with van der Waals surface area (Å²) >= 11 is 17.4. The molecule has 0 atom stereocenters. The Labute approximate surface area is 542 Å². The van der Waals surface area contributed by atoms with E-state index in [1.165, 1.54) is 46.0 Å². The first-order valence-electron chi connectivity index (χ1n) is 26.9. The third-order valence-corrected chi connectivity index (χ3v) is 18.2. The van der Waals surface area contributed by atoms with Crippen LogP contribution in [-0.4, -0.2) is 46.1 Å². The molecular formula is C71H59Cl5N4O4P2Pd. The molecule has 0 N–H and O–H groups in total. The number of carbonyl (C=O) groups is 2. The fraction of sp³-hybridized carbons (Fsp3) is 0.0704.